The third kappa shape index (κ3) is 3.27. The van der Waals surface area contributed by atoms with Gasteiger partial charge >= 0.3 is 0 Å². The van der Waals surface area contributed by atoms with E-state index in [1.165, 1.54) is 0 Å². The normalized spacial score (nSPS) is 10.6. The minimum atomic E-state index is -0.286. The third-order valence-electron chi connectivity index (χ3n) is 3.46. The molecule has 1 heterocycles. The number of benzene rings is 2. The summed E-state index contributed by atoms with van der Waals surface area (Å²) in [5.74, 6) is 0.276. The van der Waals surface area contributed by atoms with Crippen LogP contribution in [-0.4, -0.2) is 18.0 Å². The Morgan fingerprint density at radius 1 is 1.17 bits per heavy atom. The Kier molecular flexibility index (Phi) is 4.17. The van der Waals surface area contributed by atoms with E-state index in [0.29, 0.717) is 16.3 Å². The fourth-order valence-electron chi connectivity index (χ4n) is 2.37. The first-order valence-electron chi connectivity index (χ1n) is 7.09. The summed E-state index contributed by atoms with van der Waals surface area (Å²) in [4.78, 5) is 16.8. The maximum Gasteiger partial charge on any atom is 0.274 e. The molecule has 0 fully saturated rings. The molecule has 0 atom stereocenters. The van der Waals surface area contributed by atoms with Gasteiger partial charge in [0, 0.05) is 22.2 Å². The van der Waals surface area contributed by atoms with Gasteiger partial charge in [-0.3, -0.25) is 4.79 Å². The van der Waals surface area contributed by atoms with Gasteiger partial charge in [0.25, 0.3) is 5.91 Å². The van der Waals surface area contributed by atoms with Gasteiger partial charge in [0.2, 0.25) is 0 Å². The van der Waals surface area contributed by atoms with E-state index in [1.54, 1.807) is 31.4 Å². The average molecular weight is 327 g/mol. The number of nitrogens with zero attached hydrogens (tertiary/aromatic N) is 1. The smallest absolute Gasteiger partial charge is 0.274 e. The van der Waals surface area contributed by atoms with Gasteiger partial charge in [0.05, 0.1) is 12.6 Å². The van der Waals surface area contributed by atoms with Crippen LogP contribution in [-0.2, 0) is 0 Å². The van der Waals surface area contributed by atoms with Crippen LogP contribution >= 0.6 is 11.6 Å². The van der Waals surface area contributed by atoms with Gasteiger partial charge in [-0.15, -0.1) is 0 Å². The zero-order valence-electron chi connectivity index (χ0n) is 12.8. The number of amides is 1. The molecule has 0 saturated carbocycles. The lowest BCUT2D eigenvalue weighted by Gasteiger charge is -2.10. The Hall–Kier alpha value is -2.59. The zero-order valence-corrected chi connectivity index (χ0v) is 13.5. The Bertz CT molecular complexity index is 893. The van der Waals surface area contributed by atoms with Crippen molar-refractivity contribution in [2.24, 2.45) is 0 Å². The summed E-state index contributed by atoms with van der Waals surface area (Å²) < 4.78 is 5.36. The van der Waals surface area contributed by atoms with Crippen LogP contribution in [0, 0.1) is 6.92 Å². The van der Waals surface area contributed by atoms with E-state index < -0.39 is 0 Å². The topological polar surface area (TPSA) is 51.2 Å². The molecule has 0 aliphatic rings. The van der Waals surface area contributed by atoms with Crippen molar-refractivity contribution in [2.75, 3.05) is 12.4 Å². The second kappa shape index (κ2) is 6.26. The van der Waals surface area contributed by atoms with Crippen LogP contribution in [0.15, 0.2) is 48.5 Å². The van der Waals surface area contributed by atoms with Crippen molar-refractivity contribution in [2.45, 2.75) is 6.92 Å². The van der Waals surface area contributed by atoms with Crippen LogP contribution in [0.2, 0.25) is 5.02 Å². The van der Waals surface area contributed by atoms with Crippen LogP contribution in [0.1, 0.15) is 16.1 Å². The number of fused-ring (bicyclic) bond motifs is 1. The molecule has 2 aromatic carbocycles. The van der Waals surface area contributed by atoms with Crippen LogP contribution in [0.3, 0.4) is 0 Å². The minimum absolute atomic E-state index is 0.286. The molecule has 1 aromatic heterocycles. The van der Waals surface area contributed by atoms with Crippen molar-refractivity contribution in [1.29, 1.82) is 0 Å². The van der Waals surface area contributed by atoms with E-state index in [1.807, 2.05) is 31.2 Å². The molecule has 0 aliphatic heterocycles. The fraction of sp³-hybridized carbons (Fsp3) is 0.111. The summed E-state index contributed by atoms with van der Waals surface area (Å²) in [6, 6.07) is 14.5. The van der Waals surface area contributed by atoms with Crippen molar-refractivity contribution in [3.05, 3.63) is 64.8 Å². The molecule has 5 heteroatoms. The largest absolute Gasteiger partial charge is 0.496 e. The molecule has 0 spiro atoms. The monoisotopic (exact) mass is 326 g/mol. The Morgan fingerprint density at radius 2 is 2.00 bits per heavy atom. The number of carbonyl (C=O) groups excluding carboxylic acids is 1. The summed E-state index contributed by atoms with van der Waals surface area (Å²) in [7, 11) is 1.55. The van der Waals surface area contributed by atoms with Gasteiger partial charge in [-0.2, -0.15) is 0 Å². The number of carbonyl (C=O) groups is 1. The number of aromatic nitrogens is 1. The fourth-order valence-corrected chi connectivity index (χ4v) is 2.54. The maximum absolute atomic E-state index is 12.4. The predicted molar refractivity (Wildman–Crippen MR) is 92.4 cm³/mol. The van der Waals surface area contributed by atoms with E-state index in [0.717, 1.165) is 16.6 Å². The molecular weight excluding hydrogens is 312 g/mol. The summed E-state index contributed by atoms with van der Waals surface area (Å²) in [5, 5.41) is 4.21. The first kappa shape index (κ1) is 15.3. The molecule has 0 aliphatic carbocycles. The summed E-state index contributed by atoms with van der Waals surface area (Å²) >= 11 is 6.01. The molecule has 23 heavy (non-hydrogen) atoms. The quantitative estimate of drug-likeness (QED) is 0.773. The number of rotatable bonds is 3. The molecule has 0 radical (unpaired) electrons. The number of halogens is 1. The van der Waals surface area contributed by atoms with Gasteiger partial charge in [-0.05, 0) is 42.8 Å². The standard InChI is InChI=1S/C18H15ClN2O2/c1-11-4-3-5-13(8-11)20-18(22)16-10-17(23-2)14-9-12(19)6-7-15(14)21-16/h3-10H,1-2H3,(H,20,22). The van der Waals surface area contributed by atoms with Crippen molar-refractivity contribution < 1.29 is 9.53 Å². The van der Waals surface area contributed by atoms with E-state index in [9.17, 15) is 4.79 Å². The lowest BCUT2D eigenvalue weighted by atomic mass is 10.1. The van der Waals surface area contributed by atoms with Crippen molar-refractivity contribution in [1.82, 2.24) is 4.98 Å². The molecule has 1 amide bonds. The highest BCUT2D eigenvalue weighted by Gasteiger charge is 2.13. The predicted octanol–water partition coefficient (Wildman–Crippen LogP) is 4.46. The van der Waals surface area contributed by atoms with Gasteiger partial charge in [0.15, 0.2) is 0 Å². The molecule has 1 N–H and O–H groups in total. The van der Waals surface area contributed by atoms with Crippen LogP contribution in [0.4, 0.5) is 5.69 Å². The number of hydrogen-bond acceptors (Lipinski definition) is 3. The van der Waals surface area contributed by atoms with Gasteiger partial charge in [0.1, 0.15) is 11.4 Å². The highest BCUT2D eigenvalue weighted by molar-refractivity contribution is 6.31. The number of anilines is 1. The molecule has 0 saturated heterocycles. The van der Waals surface area contributed by atoms with E-state index in [4.69, 9.17) is 16.3 Å². The number of ether oxygens (including phenoxy) is 1. The molecular formula is C18H15ClN2O2. The number of hydrogen-bond donors (Lipinski definition) is 1. The minimum Gasteiger partial charge on any atom is -0.496 e. The van der Waals surface area contributed by atoms with Crippen molar-refractivity contribution in [3.8, 4) is 5.75 Å². The van der Waals surface area contributed by atoms with Crippen LogP contribution in [0.25, 0.3) is 10.9 Å². The maximum atomic E-state index is 12.4. The second-order valence-corrected chi connectivity index (χ2v) is 5.63. The first-order chi connectivity index (χ1) is 11.1. The first-order valence-corrected chi connectivity index (χ1v) is 7.47. The van der Waals surface area contributed by atoms with Crippen molar-refractivity contribution >= 4 is 34.1 Å². The summed E-state index contributed by atoms with van der Waals surface area (Å²) in [5.41, 5.74) is 2.75. The Labute approximate surface area is 139 Å². The molecule has 0 bridgehead atoms. The molecule has 3 rings (SSSR count). The second-order valence-electron chi connectivity index (χ2n) is 5.19. The van der Waals surface area contributed by atoms with E-state index >= 15 is 0 Å². The third-order valence-corrected chi connectivity index (χ3v) is 3.70. The lowest BCUT2D eigenvalue weighted by molar-refractivity contribution is 0.102. The SMILES string of the molecule is COc1cc(C(=O)Nc2cccc(C)c2)nc2ccc(Cl)cc12. The zero-order chi connectivity index (χ0) is 16.4. The molecule has 0 unspecified atom stereocenters. The molecule has 116 valence electrons. The highest BCUT2D eigenvalue weighted by atomic mass is 35.5. The van der Waals surface area contributed by atoms with E-state index in [2.05, 4.69) is 10.3 Å². The Balaban J connectivity index is 1.99. The van der Waals surface area contributed by atoms with Gasteiger partial charge < -0.3 is 10.1 Å². The Morgan fingerprint density at radius 3 is 2.74 bits per heavy atom. The number of pyridine rings is 1. The number of nitrogens with one attached hydrogen (secondary N) is 1. The van der Waals surface area contributed by atoms with E-state index in [-0.39, 0.29) is 11.6 Å². The van der Waals surface area contributed by atoms with Crippen LogP contribution in [0.5, 0.6) is 5.75 Å². The summed E-state index contributed by atoms with van der Waals surface area (Å²) in [6.45, 7) is 1.97. The van der Waals surface area contributed by atoms with Crippen molar-refractivity contribution in [3.63, 3.8) is 0 Å². The molecule has 3 aromatic rings. The summed E-state index contributed by atoms with van der Waals surface area (Å²) in [6.07, 6.45) is 0. The number of aryl methyl sites for hydroxylation is 1. The number of methoxy groups -OCH3 is 1. The van der Waals surface area contributed by atoms with Gasteiger partial charge in [-0.1, -0.05) is 23.7 Å². The average Bonchev–Trinajstić information content (AvgIpc) is 2.53. The van der Waals surface area contributed by atoms with Crippen LogP contribution < -0.4 is 10.1 Å². The van der Waals surface area contributed by atoms with Gasteiger partial charge in [-0.25, -0.2) is 4.98 Å². The lowest BCUT2D eigenvalue weighted by Crippen LogP contribution is -2.14. The molecule has 4 nitrogen and oxygen atoms in total. The highest BCUT2D eigenvalue weighted by Crippen LogP contribution is 2.28.